The van der Waals surface area contributed by atoms with E-state index >= 15 is 0 Å². The first-order chi connectivity index (χ1) is 17.3. The normalized spacial score (nSPS) is 23.4. The van der Waals surface area contributed by atoms with Crippen LogP contribution in [0.5, 0.6) is 0 Å². The monoisotopic (exact) mass is 509 g/mol. The number of aliphatic hydroxyl groups excluding tert-OH is 3. The van der Waals surface area contributed by atoms with Crippen molar-refractivity contribution in [3.63, 3.8) is 0 Å². The third-order valence-corrected chi connectivity index (χ3v) is 8.23. The molecule has 1 aliphatic carbocycles. The summed E-state index contributed by atoms with van der Waals surface area (Å²) in [6.45, 7) is 2.20. The highest BCUT2D eigenvalue weighted by Gasteiger charge is 2.45. The number of aliphatic hydroxyl groups is 4. The first-order valence-corrected chi connectivity index (χ1v) is 14.4. The molecule has 0 saturated heterocycles. The summed E-state index contributed by atoms with van der Waals surface area (Å²) in [5, 5.41) is 52.5. The zero-order valence-corrected chi connectivity index (χ0v) is 22.3. The Bertz CT molecular complexity index is 711. The van der Waals surface area contributed by atoms with Crippen molar-refractivity contribution in [3.05, 3.63) is 24.0 Å². The lowest BCUT2D eigenvalue weighted by molar-refractivity contribution is -0.147. The molecule has 1 fully saturated rings. The topological polar surface area (TPSA) is 134 Å². The summed E-state index contributed by atoms with van der Waals surface area (Å²) < 4.78 is 0. The maximum Gasteiger partial charge on any atom is 0.309 e. The fraction of sp³-hybridized carbons (Fsp3) is 0.828. The van der Waals surface area contributed by atoms with Crippen LogP contribution in [0.4, 0.5) is 0 Å². The number of carboxylic acid groups (broad SMARTS) is 1. The van der Waals surface area contributed by atoms with Crippen LogP contribution in [0.1, 0.15) is 128 Å². The summed E-state index contributed by atoms with van der Waals surface area (Å²) in [6.07, 6.45) is 13.8. The quantitative estimate of drug-likeness (QED) is 0.129. The average molecular weight is 510 g/mol. The summed E-state index contributed by atoms with van der Waals surface area (Å²) in [6, 6.07) is 3.61. The summed E-state index contributed by atoms with van der Waals surface area (Å²) in [7, 11) is 0. The Morgan fingerprint density at radius 1 is 1.00 bits per heavy atom. The number of rotatable bonds is 20. The van der Waals surface area contributed by atoms with E-state index < -0.39 is 29.7 Å². The third kappa shape index (κ3) is 10.2. The number of nitrogens with one attached hydrogen (secondary N) is 1. The standard InChI is InChI=1S/C29H51NO6/c1-2-3-4-5-8-13-22(31)14-9-6-7-10-15-23(28(34)35)26(32)18-20-29(36)19-11-16-24(29)27(33)25-17-12-21-30-25/h12,17,21-24,26-27,30-33,36H,2-11,13-16,18-20H2,1H3,(H,34,35)/t22-,23-,24-,26+,27-,29-/m0/s1. The largest absolute Gasteiger partial charge is 0.481 e. The van der Waals surface area contributed by atoms with Gasteiger partial charge in [-0.15, -0.1) is 0 Å². The van der Waals surface area contributed by atoms with Gasteiger partial charge in [0, 0.05) is 17.8 Å². The molecule has 1 aromatic heterocycles. The summed E-state index contributed by atoms with van der Waals surface area (Å²) >= 11 is 0. The lowest BCUT2D eigenvalue weighted by atomic mass is 9.80. The second-order valence-electron chi connectivity index (χ2n) is 11.1. The molecule has 0 radical (unpaired) electrons. The van der Waals surface area contributed by atoms with E-state index in [9.17, 15) is 30.3 Å². The number of unbranched alkanes of at least 4 members (excludes halogenated alkanes) is 7. The first kappa shape index (κ1) is 30.8. The average Bonchev–Trinajstić information content (AvgIpc) is 3.52. The van der Waals surface area contributed by atoms with Crippen molar-refractivity contribution in [2.75, 3.05) is 0 Å². The van der Waals surface area contributed by atoms with Gasteiger partial charge in [-0.3, -0.25) is 4.79 Å². The zero-order valence-electron chi connectivity index (χ0n) is 22.3. The Balaban J connectivity index is 1.67. The van der Waals surface area contributed by atoms with Gasteiger partial charge in [-0.25, -0.2) is 0 Å². The number of H-pyrrole nitrogens is 1. The number of aliphatic carboxylic acids is 1. The molecular weight excluding hydrogens is 458 g/mol. The Kier molecular flexibility index (Phi) is 14.1. The van der Waals surface area contributed by atoms with Gasteiger partial charge in [0.2, 0.25) is 0 Å². The lowest BCUT2D eigenvalue weighted by Crippen LogP contribution is -2.39. The molecule has 36 heavy (non-hydrogen) atoms. The maximum absolute atomic E-state index is 11.8. The molecule has 7 heteroatoms. The number of hydrogen-bond acceptors (Lipinski definition) is 5. The smallest absolute Gasteiger partial charge is 0.309 e. The Morgan fingerprint density at radius 3 is 2.22 bits per heavy atom. The molecule has 1 aromatic rings. The van der Waals surface area contributed by atoms with Gasteiger partial charge in [0.25, 0.3) is 0 Å². The van der Waals surface area contributed by atoms with Gasteiger partial charge in [-0.05, 0) is 57.1 Å². The van der Waals surface area contributed by atoms with E-state index in [1.165, 1.54) is 25.7 Å². The van der Waals surface area contributed by atoms with Crippen LogP contribution in [0.25, 0.3) is 0 Å². The van der Waals surface area contributed by atoms with Gasteiger partial charge < -0.3 is 30.5 Å². The number of aromatic nitrogens is 1. The van der Waals surface area contributed by atoms with E-state index in [0.29, 0.717) is 25.0 Å². The van der Waals surface area contributed by atoms with Crippen molar-refractivity contribution in [2.24, 2.45) is 11.8 Å². The maximum atomic E-state index is 11.8. The predicted molar refractivity (Wildman–Crippen MR) is 141 cm³/mol. The molecule has 0 amide bonds. The van der Waals surface area contributed by atoms with Crippen molar-refractivity contribution < 1.29 is 30.3 Å². The molecule has 208 valence electrons. The second-order valence-corrected chi connectivity index (χ2v) is 11.1. The summed E-state index contributed by atoms with van der Waals surface area (Å²) in [5.41, 5.74) is -0.436. The van der Waals surface area contributed by atoms with E-state index in [-0.39, 0.29) is 24.9 Å². The van der Waals surface area contributed by atoms with Gasteiger partial charge in [-0.2, -0.15) is 0 Å². The van der Waals surface area contributed by atoms with Gasteiger partial charge in [0.1, 0.15) is 0 Å². The summed E-state index contributed by atoms with van der Waals surface area (Å²) in [5.74, 6) is -2.18. The van der Waals surface area contributed by atoms with E-state index in [2.05, 4.69) is 11.9 Å². The highest BCUT2D eigenvalue weighted by atomic mass is 16.4. The van der Waals surface area contributed by atoms with Crippen LogP contribution >= 0.6 is 0 Å². The molecule has 0 spiro atoms. The van der Waals surface area contributed by atoms with E-state index in [1.54, 1.807) is 12.3 Å². The Morgan fingerprint density at radius 2 is 1.64 bits per heavy atom. The van der Waals surface area contributed by atoms with Gasteiger partial charge in [-0.1, -0.05) is 71.1 Å². The minimum absolute atomic E-state index is 0.200. The number of carbonyl (C=O) groups is 1. The highest BCUT2D eigenvalue weighted by molar-refractivity contribution is 5.70. The van der Waals surface area contributed by atoms with Gasteiger partial charge in [0.15, 0.2) is 0 Å². The van der Waals surface area contributed by atoms with E-state index in [4.69, 9.17) is 0 Å². The minimum atomic E-state index is -1.11. The highest BCUT2D eigenvalue weighted by Crippen LogP contribution is 2.45. The molecule has 6 N–H and O–H groups in total. The Hall–Kier alpha value is -1.41. The van der Waals surface area contributed by atoms with E-state index in [1.807, 2.05) is 6.07 Å². The number of carboxylic acids is 1. The molecule has 0 bridgehead atoms. The van der Waals surface area contributed by atoms with Crippen LogP contribution in [-0.2, 0) is 4.79 Å². The van der Waals surface area contributed by atoms with Crippen molar-refractivity contribution in [3.8, 4) is 0 Å². The molecule has 2 rings (SSSR count). The van der Waals surface area contributed by atoms with Crippen LogP contribution in [-0.4, -0.2) is 54.3 Å². The van der Waals surface area contributed by atoms with Crippen LogP contribution < -0.4 is 0 Å². The minimum Gasteiger partial charge on any atom is -0.481 e. The molecule has 1 aliphatic rings. The van der Waals surface area contributed by atoms with E-state index in [0.717, 1.165) is 51.4 Å². The number of hydrogen-bond donors (Lipinski definition) is 6. The molecule has 1 heterocycles. The Labute approximate surface area is 217 Å². The molecule has 6 atom stereocenters. The molecule has 1 saturated carbocycles. The SMILES string of the molecule is CCCCCCC[C@H](O)CCCCCC[C@H](C(=O)O)[C@H](O)CC[C@@]1(O)CCC[C@H]1[C@H](O)c1ccc[nH]1. The van der Waals surface area contributed by atoms with Crippen LogP contribution in [0, 0.1) is 11.8 Å². The van der Waals surface area contributed by atoms with Crippen molar-refractivity contribution in [1.29, 1.82) is 0 Å². The number of aromatic amines is 1. The second kappa shape index (κ2) is 16.4. The predicted octanol–water partition coefficient (Wildman–Crippen LogP) is 5.48. The molecular formula is C29H51NO6. The zero-order chi connectivity index (χ0) is 26.4. The van der Waals surface area contributed by atoms with Crippen molar-refractivity contribution >= 4 is 5.97 Å². The first-order valence-electron chi connectivity index (χ1n) is 14.4. The molecule has 0 aliphatic heterocycles. The van der Waals surface area contributed by atoms with Crippen molar-refractivity contribution in [2.45, 2.75) is 140 Å². The lowest BCUT2D eigenvalue weighted by Gasteiger charge is -2.34. The van der Waals surface area contributed by atoms with Crippen LogP contribution in [0.15, 0.2) is 18.3 Å². The fourth-order valence-corrected chi connectivity index (χ4v) is 5.89. The fourth-order valence-electron chi connectivity index (χ4n) is 5.89. The molecule has 0 unspecified atom stereocenters. The van der Waals surface area contributed by atoms with Gasteiger partial charge in [0.05, 0.1) is 29.8 Å². The van der Waals surface area contributed by atoms with Crippen LogP contribution in [0.3, 0.4) is 0 Å². The van der Waals surface area contributed by atoms with Gasteiger partial charge >= 0.3 is 5.97 Å². The van der Waals surface area contributed by atoms with Crippen molar-refractivity contribution in [1.82, 2.24) is 4.98 Å². The molecule has 0 aromatic carbocycles. The summed E-state index contributed by atoms with van der Waals surface area (Å²) in [4.78, 5) is 14.8. The third-order valence-electron chi connectivity index (χ3n) is 8.23. The molecule has 7 nitrogen and oxygen atoms in total. The van der Waals surface area contributed by atoms with Crippen LogP contribution in [0.2, 0.25) is 0 Å².